The monoisotopic (exact) mass is 343 g/mol. The zero-order valence-corrected chi connectivity index (χ0v) is 14.8. The summed E-state index contributed by atoms with van der Waals surface area (Å²) in [7, 11) is 0. The van der Waals surface area contributed by atoms with Crippen molar-refractivity contribution in [3.8, 4) is 0 Å². The van der Waals surface area contributed by atoms with E-state index in [1.807, 2.05) is 19.2 Å². The van der Waals surface area contributed by atoms with E-state index >= 15 is 0 Å². The maximum atomic E-state index is 12.3. The second-order valence-corrected chi connectivity index (χ2v) is 7.47. The normalized spacial score (nSPS) is 19.2. The number of nitrogens with zero attached hydrogens (tertiary/aromatic N) is 4. The van der Waals surface area contributed by atoms with Crippen molar-refractivity contribution >= 4 is 16.3 Å². The maximum Gasteiger partial charge on any atom is 0.259 e. The van der Waals surface area contributed by atoms with Crippen LogP contribution in [0.5, 0.6) is 0 Å². The molecular weight excluding hydrogens is 322 g/mol. The van der Waals surface area contributed by atoms with Crippen molar-refractivity contribution in [3.05, 3.63) is 50.6 Å². The Bertz CT molecular complexity index is 925. The molecule has 0 saturated carbocycles. The Labute approximate surface area is 144 Å². The third kappa shape index (κ3) is 2.89. The minimum Gasteiger partial charge on any atom is -0.297 e. The summed E-state index contributed by atoms with van der Waals surface area (Å²) in [5.41, 5.74) is 4.09. The van der Waals surface area contributed by atoms with Crippen LogP contribution in [-0.2, 0) is 6.54 Å². The summed E-state index contributed by atoms with van der Waals surface area (Å²) < 4.78 is 1.68. The number of H-pyrrole nitrogens is 1. The lowest BCUT2D eigenvalue weighted by Gasteiger charge is -2.31. The molecule has 7 heteroatoms. The first kappa shape index (κ1) is 15.5. The molecule has 1 aliphatic rings. The lowest BCUT2D eigenvalue weighted by atomic mass is 9.94. The van der Waals surface area contributed by atoms with Crippen LogP contribution < -0.4 is 5.56 Å². The predicted molar refractivity (Wildman–Crippen MR) is 94.7 cm³/mol. The number of aryl methyl sites for hydroxylation is 2. The Kier molecular flexibility index (Phi) is 3.97. The Morgan fingerprint density at radius 3 is 3.04 bits per heavy atom. The second kappa shape index (κ2) is 6.14. The minimum absolute atomic E-state index is 0.0187. The summed E-state index contributed by atoms with van der Waals surface area (Å²) in [5.74, 6) is 0.456. The van der Waals surface area contributed by atoms with E-state index in [0.717, 1.165) is 53.8 Å². The number of piperidine rings is 1. The van der Waals surface area contributed by atoms with Gasteiger partial charge < -0.3 is 0 Å². The number of hydrogen-bond acceptors (Lipinski definition) is 5. The first-order valence-electron chi connectivity index (χ1n) is 8.31. The average Bonchev–Trinajstić information content (AvgIpc) is 3.14. The van der Waals surface area contributed by atoms with E-state index in [1.54, 1.807) is 10.5 Å². The van der Waals surface area contributed by atoms with E-state index in [4.69, 9.17) is 0 Å². The van der Waals surface area contributed by atoms with Gasteiger partial charge in [-0.2, -0.15) is 5.10 Å². The molecule has 1 saturated heterocycles. The van der Waals surface area contributed by atoms with Crippen molar-refractivity contribution in [2.45, 2.75) is 39.2 Å². The van der Waals surface area contributed by atoms with Crippen LogP contribution in [-0.4, -0.2) is 37.6 Å². The third-order valence-corrected chi connectivity index (χ3v) is 5.61. The Balaban J connectivity index is 1.53. The van der Waals surface area contributed by atoms with Crippen LogP contribution in [0, 0.1) is 13.8 Å². The molecule has 1 atom stereocenters. The van der Waals surface area contributed by atoms with Gasteiger partial charge in [-0.25, -0.2) is 4.98 Å². The number of nitrogens with one attached hydrogen (secondary N) is 1. The lowest BCUT2D eigenvalue weighted by Crippen LogP contribution is -2.34. The smallest absolute Gasteiger partial charge is 0.259 e. The topological polar surface area (TPSA) is 66.3 Å². The van der Waals surface area contributed by atoms with Gasteiger partial charge in [0.25, 0.3) is 5.56 Å². The van der Waals surface area contributed by atoms with Gasteiger partial charge in [0, 0.05) is 41.8 Å². The first-order valence-corrected chi connectivity index (χ1v) is 9.19. The van der Waals surface area contributed by atoms with E-state index in [2.05, 4.69) is 26.1 Å². The van der Waals surface area contributed by atoms with Gasteiger partial charge in [0.2, 0.25) is 0 Å². The van der Waals surface area contributed by atoms with Crippen LogP contribution in [0.1, 0.15) is 41.5 Å². The molecule has 0 unspecified atom stereocenters. The van der Waals surface area contributed by atoms with Crippen LogP contribution in [0.15, 0.2) is 22.3 Å². The summed E-state index contributed by atoms with van der Waals surface area (Å²) >= 11 is 1.52. The standard InChI is InChI=1S/C17H21N5OS/c1-11-6-15(20-19-11)13-4-3-5-21(8-13)9-14-7-16(23)22-12(2)10-24-17(22)18-14/h6-7,10,13H,3-5,8-9H2,1-2H3,(H,19,20)/t13-/m1/s1. The molecule has 3 aromatic rings. The van der Waals surface area contributed by atoms with Crippen LogP contribution in [0.4, 0.5) is 0 Å². The van der Waals surface area contributed by atoms with Gasteiger partial charge in [0.1, 0.15) is 0 Å². The first-order chi connectivity index (χ1) is 11.6. The molecule has 24 heavy (non-hydrogen) atoms. The van der Waals surface area contributed by atoms with Crippen molar-refractivity contribution in [2.75, 3.05) is 13.1 Å². The number of fused-ring (bicyclic) bond motifs is 1. The number of likely N-dealkylation sites (tertiary alicyclic amines) is 1. The SMILES string of the molecule is Cc1cc([C@@H]2CCCN(Cc3cc(=O)n4c(C)csc4n3)C2)n[nH]1. The van der Waals surface area contributed by atoms with Crippen molar-refractivity contribution in [2.24, 2.45) is 0 Å². The fourth-order valence-electron chi connectivity index (χ4n) is 3.50. The highest BCUT2D eigenvalue weighted by molar-refractivity contribution is 7.15. The van der Waals surface area contributed by atoms with E-state index in [-0.39, 0.29) is 5.56 Å². The van der Waals surface area contributed by atoms with E-state index in [0.29, 0.717) is 5.92 Å². The zero-order chi connectivity index (χ0) is 16.7. The molecule has 1 fully saturated rings. The van der Waals surface area contributed by atoms with Gasteiger partial charge in [-0.15, -0.1) is 11.3 Å². The molecule has 1 aliphatic heterocycles. The molecule has 6 nitrogen and oxygen atoms in total. The molecule has 0 spiro atoms. The van der Waals surface area contributed by atoms with Crippen LogP contribution in [0.25, 0.3) is 4.96 Å². The molecular formula is C17H21N5OS. The van der Waals surface area contributed by atoms with Gasteiger partial charge >= 0.3 is 0 Å². The van der Waals surface area contributed by atoms with Crippen LogP contribution in [0.3, 0.4) is 0 Å². The zero-order valence-electron chi connectivity index (χ0n) is 14.0. The molecule has 4 heterocycles. The van der Waals surface area contributed by atoms with Crippen LogP contribution in [0.2, 0.25) is 0 Å². The number of hydrogen-bond donors (Lipinski definition) is 1. The quantitative estimate of drug-likeness (QED) is 0.793. The van der Waals surface area contributed by atoms with Crippen molar-refractivity contribution in [1.29, 1.82) is 0 Å². The van der Waals surface area contributed by atoms with E-state index < -0.39 is 0 Å². The summed E-state index contributed by atoms with van der Waals surface area (Å²) in [4.78, 5) is 20.1. The average molecular weight is 343 g/mol. The van der Waals surface area contributed by atoms with Gasteiger partial charge in [-0.1, -0.05) is 0 Å². The molecule has 4 rings (SSSR count). The highest BCUT2D eigenvalue weighted by atomic mass is 32.1. The number of thiazole rings is 1. The van der Waals surface area contributed by atoms with Gasteiger partial charge in [0.15, 0.2) is 4.96 Å². The number of aromatic amines is 1. The fraction of sp³-hybridized carbons (Fsp3) is 0.471. The highest BCUT2D eigenvalue weighted by Gasteiger charge is 2.23. The molecule has 126 valence electrons. The minimum atomic E-state index is 0.0187. The van der Waals surface area contributed by atoms with Gasteiger partial charge in [-0.3, -0.25) is 19.2 Å². The number of rotatable bonds is 3. The summed E-state index contributed by atoms with van der Waals surface area (Å²) in [6.45, 7) is 6.71. The predicted octanol–water partition coefficient (Wildman–Crippen LogP) is 2.48. The van der Waals surface area contributed by atoms with Crippen LogP contribution >= 0.6 is 11.3 Å². The highest BCUT2D eigenvalue weighted by Crippen LogP contribution is 2.26. The summed E-state index contributed by atoms with van der Waals surface area (Å²) in [6.07, 6.45) is 2.32. The maximum absolute atomic E-state index is 12.3. The van der Waals surface area contributed by atoms with E-state index in [1.165, 1.54) is 17.8 Å². The Hall–Kier alpha value is -1.99. The molecule has 0 aromatic carbocycles. The molecule has 1 N–H and O–H groups in total. The van der Waals surface area contributed by atoms with Gasteiger partial charge in [-0.05, 0) is 39.3 Å². The lowest BCUT2D eigenvalue weighted by molar-refractivity contribution is 0.196. The third-order valence-electron chi connectivity index (χ3n) is 4.66. The summed E-state index contributed by atoms with van der Waals surface area (Å²) in [6, 6.07) is 3.81. The Morgan fingerprint density at radius 2 is 2.25 bits per heavy atom. The fourth-order valence-corrected chi connectivity index (χ4v) is 4.39. The molecule has 0 amide bonds. The van der Waals surface area contributed by atoms with Crippen molar-refractivity contribution < 1.29 is 0 Å². The van der Waals surface area contributed by atoms with Crippen molar-refractivity contribution in [1.82, 2.24) is 24.5 Å². The molecule has 0 radical (unpaired) electrons. The molecule has 3 aromatic heterocycles. The Morgan fingerprint density at radius 1 is 1.38 bits per heavy atom. The number of aromatic nitrogens is 4. The van der Waals surface area contributed by atoms with Crippen molar-refractivity contribution in [3.63, 3.8) is 0 Å². The van der Waals surface area contributed by atoms with E-state index in [9.17, 15) is 4.79 Å². The largest absolute Gasteiger partial charge is 0.297 e. The van der Waals surface area contributed by atoms with Gasteiger partial charge in [0.05, 0.1) is 11.4 Å². The summed E-state index contributed by atoms with van der Waals surface area (Å²) in [5, 5.41) is 9.43. The second-order valence-electron chi connectivity index (χ2n) is 6.63. The molecule has 0 aliphatic carbocycles. The molecule has 0 bridgehead atoms.